The van der Waals surface area contributed by atoms with E-state index in [1.165, 1.54) is 11.4 Å². The fourth-order valence-electron chi connectivity index (χ4n) is 1.96. The first-order valence-corrected chi connectivity index (χ1v) is 8.20. The molecule has 6 nitrogen and oxygen atoms in total. The van der Waals surface area contributed by atoms with Gasteiger partial charge in [-0.05, 0) is 19.8 Å². The van der Waals surface area contributed by atoms with Crippen LogP contribution in [0.25, 0.3) is 0 Å². The monoisotopic (exact) mass is 290 g/mol. The molecule has 18 heavy (non-hydrogen) atoms. The third-order valence-electron chi connectivity index (χ3n) is 3.00. The molecule has 1 fully saturated rings. The maximum atomic E-state index is 11.6. The summed E-state index contributed by atoms with van der Waals surface area (Å²) in [5.41, 5.74) is 1.01. The molecule has 1 aliphatic rings. The Bertz CT molecular complexity index is 492. The summed E-state index contributed by atoms with van der Waals surface area (Å²) in [5.74, 6) is 0. The van der Waals surface area contributed by atoms with E-state index >= 15 is 0 Å². The van der Waals surface area contributed by atoms with Gasteiger partial charge in [-0.15, -0.1) is 11.3 Å². The number of hydrogen-bond acceptors (Lipinski definition) is 5. The van der Waals surface area contributed by atoms with E-state index in [0.29, 0.717) is 19.1 Å². The van der Waals surface area contributed by atoms with Gasteiger partial charge in [0.15, 0.2) is 5.13 Å². The van der Waals surface area contributed by atoms with Crippen LogP contribution in [0.2, 0.25) is 0 Å². The van der Waals surface area contributed by atoms with E-state index in [-0.39, 0.29) is 0 Å². The lowest BCUT2D eigenvalue weighted by Crippen LogP contribution is -2.46. The van der Waals surface area contributed by atoms with E-state index in [4.69, 9.17) is 0 Å². The second kappa shape index (κ2) is 5.52. The summed E-state index contributed by atoms with van der Waals surface area (Å²) < 4.78 is 27.0. The fourth-order valence-corrected chi connectivity index (χ4v) is 3.68. The molecule has 0 aromatic carbocycles. The lowest BCUT2D eigenvalue weighted by atomic mass is 10.1. The lowest BCUT2D eigenvalue weighted by molar-refractivity contribution is 0.327. The van der Waals surface area contributed by atoms with Gasteiger partial charge in [-0.3, -0.25) is 0 Å². The molecular weight excluding hydrogens is 272 g/mol. The van der Waals surface area contributed by atoms with Gasteiger partial charge in [0.25, 0.3) is 10.2 Å². The second-order valence-corrected chi connectivity index (χ2v) is 7.05. The molecule has 1 aromatic heterocycles. The number of piperidine rings is 1. The minimum atomic E-state index is -3.27. The highest BCUT2D eigenvalue weighted by atomic mass is 32.2. The van der Waals surface area contributed by atoms with Gasteiger partial charge in [-0.1, -0.05) is 0 Å². The standard InChI is InChI=1S/C10H18N4O2S2/c1-8-7-17-10(12-8)13-9-3-5-14(6-4-9)18(15,16)11-2/h7,9,11H,3-6H2,1-2H3,(H,12,13). The van der Waals surface area contributed by atoms with E-state index in [2.05, 4.69) is 15.0 Å². The van der Waals surface area contributed by atoms with Gasteiger partial charge in [-0.2, -0.15) is 12.7 Å². The summed E-state index contributed by atoms with van der Waals surface area (Å²) in [5, 5.41) is 6.28. The first-order chi connectivity index (χ1) is 8.51. The molecule has 2 rings (SSSR count). The molecule has 0 saturated carbocycles. The molecule has 0 atom stereocenters. The molecule has 1 saturated heterocycles. The maximum Gasteiger partial charge on any atom is 0.279 e. The van der Waals surface area contributed by atoms with Crippen molar-refractivity contribution in [3.63, 3.8) is 0 Å². The minimum Gasteiger partial charge on any atom is -0.359 e. The van der Waals surface area contributed by atoms with Crippen molar-refractivity contribution in [1.82, 2.24) is 14.0 Å². The van der Waals surface area contributed by atoms with Crippen LogP contribution in [-0.2, 0) is 10.2 Å². The Morgan fingerprint density at radius 2 is 2.11 bits per heavy atom. The largest absolute Gasteiger partial charge is 0.359 e. The van der Waals surface area contributed by atoms with E-state index in [0.717, 1.165) is 23.7 Å². The van der Waals surface area contributed by atoms with Gasteiger partial charge in [0.05, 0.1) is 5.69 Å². The van der Waals surface area contributed by atoms with Crippen molar-refractivity contribution in [3.8, 4) is 0 Å². The molecule has 1 aromatic rings. The number of aromatic nitrogens is 1. The van der Waals surface area contributed by atoms with Crippen LogP contribution in [0.15, 0.2) is 5.38 Å². The van der Waals surface area contributed by atoms with Crippen LogP contribution < -0.4 is 10.0 Å². The lowest BCUT2D eigenvalue weighted by Gasteiger charge is -2.31. The summed E-state index contributed by atoms with van der Waals surface area (Å²) in [6.45, 7) is 3.06. The molecule has 0 bridgehead atoms. The second-order valence-electron chi connectivity index (χ2n) is 4.32. The quantitative estimate of drug-likeness (QED) is 0.860. The minimum absolute atomic E-state index is 0.304. The number of hydrogen-bond donors (Lipinski definition) is 2. The maximum absolute atomic E-state index is 11.6. The highest BCUT2D eigenvalue weighted by molar-refractivity contribution is 7.87. The molecule has 2 heterocycles. The zero-order valence-electron chi connectivity index (χ0n) is 10.5. The molecule has 102 valence electrons. The van der Waals surface area contributed by atoms with Crippen LogP contribution in [0.1, 0.15) is 18.5 Å². The highest BCUT2D eigenvalue weighted by Crippen LogP contribution is 2.20. The average molecular weight is 290 g/mol. The summed E-state index contributed by atoms with van der Waals surface area (Å²) in [6, 6.07) is 0.304. The Labute approximate surface area is 112 Å². The Balaban J connectivity index is 1.87. The zero-order chi connectivity index (χ0) is 13.2. The summed E-state index contributed by atoms with van der Waals surface area (Å²) in [4.78, 5) is 4.35. The summed E-state index contributed by atoms with van der Waals surface area (Å²) in [6.07, 6.45) is 1.61. The number of nitrogens with one attached hydrogen (secondary N) is 2. The number of anilines is 1. The van der Waals surface area contributed by atoms with Crippen molar-refractivity contribution in [2.75, 3.05) is 25.5 Å². The van der Waals surface area contributed by atoms with E-state index in [1.54, 1.807) is 11.3 Å². The Hall–Kier alpha value is -0.700. The van der Waals surface area contributed by atoms with Gasteiger partial charge in [-0.25, -0.2) is 9.71 Å². The summed E-state index contributed by atoms with van der Waals surface area (Å²) >= 11 is 1.59. The predicted molar refractivity (Wildman–Crippen MR) is 73.0 cm³/mol. The number of rotatable bonds is 4. The third-order valence-corrected chi connectivity index (χ3v) is 5.45. The number of nitrogens with zero attached hydrogens (tertiary/aromatic N) is 2. The Kier molecular flexibility index (Phi) is 4.21. The van der Waals surface area contributed by atoms with Crippen molar-refractivity contribution in [3.05, 3.63) is 11.1 Å². The summed E-state index contributed by atoms with van der Waals surface area (Å²) in [7, 11) is -1.83. The van der Waals surface area contributed by atoms with Crippen LogP contribution in [0.5, 0.6) is 0 Å². The van der Waals surface area contributed by atoms with Gasteiger partial charge >= 0.3 is 0 Å². The van der Waals surface area contributed by atoms with Crippen molar-refractivity contribution >= 4 is 26.7 Å². The van der Waals surface area contributed by atoms with Crippen LogP contribution in [0, 0.1) is 6.92 Å². The van der Waals surface area contributed by atoms with Crippen LogP contribution in [0.3, 0.4) is 0 Å². The SMILES string of the molecule is CNS(=O)(=O)N1CCC(Nc2nc(C)cs2)CC1. The topological polar surface area (TPSA) is 74.3 Å². The molecule has 0 spiro atoms. The molecule has 0 amide bonds. The molecular formula is C10H18N4O2S2. The van der Waals surface area contributed by atoms with Crippen LogP contribution >= 0.6 is 11.3 Å². The van der Waals surface area contributed by atoms with Crippen molar-refractivity contribution in [2.45, 2.75) is 25.8 Å². The first-order valence-electron chi connectivity index (χ1n) is 5.88. The van der Waals surface area contributed by atoms with Crippen LogP contribution in [0.4, 0.5) is 5.13 Å². The van der Waals surface area contributed by atoms with E-state index in [9.17, 15) is 8.42 Å². The Morgan fingerprint density at radius 3 is 2.61 bits per heavy atom. The predicted octanol–water partition coefficient (Wildman–Crippen LogP) is 0.792. The molecule has 8 heteroatoms. The number of aryl methyl sites for hydroxylation is 1. The zero-order valence-corrected chi connectivity index (χ0v) is 12.1. The van der Waals surface area contributed by atoms with Crippen molar-refractivity contribution < 1.29 is 8.42 Å². The normalized spacial score (nSPS) is 19.0. The molecule has 0 radical (unpaired) electrons. The molecule has 2 N–H and O–H groups in total. The molecule has 1 aliphatic heterocycles. The van der Waals surface area contributed by atoms with Gasteiger partial charge < -0.3 is 5.32 Å². The van der Waals surface area contributed by atoms with Crippen molar-refractivity contribution in [2.24, 2.45) is 0 Å². The van der Waals surface area contributed by atoms with Gasteiger partial charge in [0.1, 0.15) is 0 Å². The van der Waals surface area contributed by atoms with E-state index < -0.39 is 10.2 Å². The third kappa shape index (κ3) is 3.19. The molecule has 0 unspecified atom stereocenters. The van der Waals surface area contributed by atoms with Gasteiger partial charge in [0.2, 0.25) is 0 Å². The van der Waals surface area contributed by atoms with Crippen LogP contribution in [-0.4, -0.2) is 43.9 Å². The van der Waals surface area contributed by atoms with Gasteiger partial charge in [0, 0.05) is 31.6 Å². The molecule has 0 aliphatic carbocycles. The Morgan fingerprint density at radius 1 is 1.44 bits per heavy atom. The van der Waals surface area contributed by atoms with Crippen molar-refractivity contribution in [1.29, 1.82) is 0 Å². The average Bonchev–Trinajstić information content (AvgIpc) is 2.75. The van der Waals surface area contributed by atoms with E-state index in [1.807, 2.05) is 12.3 Å². The number of thiazole rings is 1. The highest BCUT2D eigenvalue weighted by Gasteiger charge is 2.26. The first kappa shape index (κ1) is 13.7. The fraction of sp³-hybridized carbons (Fsp3) is 0.700. The smallest absolute Gasteiger partial charge is 0.279 e.